The third-order valence-electron chi connectivity index (χ3n) is 5.16. The van der Waals surface area contributed by atoms with Crippen molar-refractivity contribution in [3.8, 4) is 11.1 Å². The molecule has 2 aliphatic rings. The average molecular weight is 360 g/mol. The first-order valence-electron chi connectivity index (χ1n) is 8.99. The summed E-state index contributed by atoms with van der Waals surface area (Å²) in [6.07, 6.45) is 3.63. The molecule has 1 aromatic heterocycles. The number of pyridine rings is 1. The Morgan fingerprint density at radius 3 is 2.33 bits per heavy atom. The summed E-state index contributed by atoms with van der Waals surface area (Å²) < 4.78 is 0. The van der Waals surface area contributed by atoms with Crippen molar-refractivity contribution in [2.75, 3.05) is 4.90 Å². The van der Waals surface area contributed by atoms with Gasteiger partial charge in [-0.25, -0.2) is 9.59 Å². The highest BCUT2D eigenvalue weighted by atomic mass is 16.4. The van der Waals surface area contributed by atoms with Gasteiger partial charge in [0.05, 0.1) is 16.8 Å². The fourth-order valence-corrected chi connectivity index (χ4v) is 3.86. The Labute approximate surface area is 157 Å². The number of aromatic nitrogens is 1. The van der Waals surface area contributed by atoms with E-state index >= 15 is 0 Å². The molecule has 0 saturated heterocycles. The zero-order valence-corrected chi connectivity index (χ0v) is 15.5. The number of benzene rings is 1. The van der Waals surface area contributed by atoms with Crippen LogP contribution in [0.25, 0.3) is 16.7 Å². The van der Waals surface area contributed by atoms with Crippen molar-refractivity contribution in [3.63, 3.8) is 0 Å². The fourth-order valence-electron chi connectivity index (χ4n) is 3.86. The Hall–Kier alpha value is -3.17. The van der Waals surface area contributed by atoms with Gasteiger partial charge in [0.15, 0.2) is 0 Å². The van der Waals surface area contributed by atoms with Crippen molar-refractivity contribution in [2.45, 2.75) is 39.7 Å². The number of hydrogen-bond acceptors (Lipinski definition) is 4. The monoisotopic (exact) mass is 360 g/mol. The smallest absolute Gasteiger partial charge is 0.338 e. The highest BCUT2D eigenvalue weighted by molar-refractivity contribution is 6.16. The van der Waals surface area contributed by atoms with Crippen LogP contribution in [-0.4, -0.2) is 28.0 Å². The molecule has 5 heteroatoms. The maximum Gasteiger partial charge on any atom is 0.338 e. The zero-order valence-electron chi connectivity index (χ0n) is 15.5. The molecular formula is C22H20N2O3. The number of aliphatic carboxylic acids is 1. The summed E-state index contributed by atoms with van der Waals surface area (Å²) >= 11 is 0. The van der Waals surface area contributed by atoms with Gasteiger partial charge in [-0.05, 0) is 62.4 Å². The second-order valence-corrected chi connectivity index (χ2v) is 7.24. The first-order valence-corrected chi connectivity index (χ1v) is 8.99. The van der Waals surface area contributed by atoms with Crippen LogP contribution in [0.15, 0.2) is 36.0 Å². The molecule has 2 heterocycles. The Morgan fingerprint density at radius 2 is 1.78 bits per heavy atom. The van der Waals surface area contributed by atoms with Crippen LogP contribution in [0.5, 0.6) is 0 Å². The van der Waals surface area contributed by atoms with E-state index in [2.05, 4.69) is 4.98 Å². The maximum absolute atomic E-state index is 11.7. The molecule has 0 amide bonds. The first-order chi connectivity index (χ1) is 12.9. The summed E-state index contributed by atoms with van der Waals surface area (Å²) in [7, 11) is 0. The summed E-state index contributed by atoms with van der Waals surface area (Å²) in [6, 6.07) is 8.16. The Balaban J connectivity index is 1.96. The van der Waals surface area contributed by atoms with Gasteiger partial charge in [0.2, 0.25) is 0 Å². The van der Waals surface area contributed by atoms with Gasteiger partial charge in [-0.15, -0.1) is 0 Å². The molecule has 5 nitrogen and oxygen atoms in total. The summed E-state index contributed by atoms with van der Waals surface area (Å²) in [6.45, 7) is 5.96. The molecule has 2 aromatic rings. The quantitative estimate of drug-likeness (QED) is 0.842. The van der Waals surface area contributed by atoms with E-state index in [1.807, 2.05) is 55.9 Å². The van der Waals surface area contributed by atoms with E-state index in [9.17, 15) is 14.7 Å². The molecule has 1 aromatic carbocycles. The predicted octanol–water partition coefficient (Wildman–Crippen LogP) is 3.84. The standard InChI is InChI=1S/C22H20N2O3/c1-12-8-15(9-13(2)23-12)17-6-7-18-20(11-25)19(22(26)27)10-24(16-4-5-16)21(18)14(17)3/h6-10,16H,4-5H2,1-3H3,(H,26,27). The van der Waals surface area contributed by atoms with Crippen LogP contribution in [-0.2, 0) is 9.59 Å². The van der Waals surface area contributed by atoms with E-state index in [0.717, 1.165) is 46.6 Å². The Bertz CT molecular complexity index is 1040. The molecule has 1 aliphatic heterocycles. The van der Waals surface area contributed by atoms with E-state index in [4.69, 9.17) is 0 Å². The Kier molecular flexibility index (Phi) is 3.97. The molecule has 0 radical (unpaired) electrons. The number of aryl methyl sites for hydroxylation is 2. The lowest BCUT2D eigenvalue weighted by Crippen LogP contribution is -2.27. The second kappa shape index (κ2) is 6.22. The van der Waals surface area contributed by atoms with Gasteiger partial charge in [0, 0.05) is 29.2 Å². The minimum absolute atomic E-state index is 0.00662. The van der Waals surface area contributed by atoms with Crippen LogP contribution in [0.3, 0.4) is 0 Å². The zero-order chi connectivity index (χ0) is 19.3. The number of carboxylic acid groups (broad SMARTS) is 1. The van der Waals surface area contributed by atoms with E-state index in [1.54, 1.807) is 6.20 Å². The normalized spacial score (nSPS) is 15.9. The Morgan fingerprint density at radius 1 is 1.15 bits per heavy atom. The van der Waals surface area contributed by atoms with Crippen LogP contribution >= 0.6 is 0 Å². The van der Waals surface area contributed by atoms with Crippen LogP contribution in [0.1, 0.15) is 35.4 Å². The number of carbonyl (C=O) groups excluding carboxylic acids is 1. The SMILES string of the molecule is Cc1cc(-c2ccc3c(c2C)N(C2CC2)C=C(C(=O)O)C3=C=O)cc(C)n1. The van der Waals surface area contributed by atoms with Gasteiger partial charge in [-0.3, -0.25) is 4.98 Å². The van der Waals surface area contributed by atoms with Crippen molar-refractivity contribution in [1.29, 1.82) is 0 Å². The molecule has 0 atom stereocenters. The molecule has 0 bridgehead atoms. The number of rotatable bonds is 3. The lowest BCUT2D eigenvalue weighted by atomic mass is 9.88. The molecule has 0 spiro atoms. The van der Waals surface area contributed by atoms with Crippen molar-refractivity contribution >= 4 is 23.2 Å². The summed E-state index contributed by atoms with van der Waals surface area (Å²) in [4.78, 5) is 29.7. The van der Waals surface area contributed by atoms with Gasteiger partial charge >= 0.3 is 5.97 Å². The second-order valence-electron chi connectivity index (χ2n) is 7.24. The van der Waals surface area contributed by atoms with Gasteiger partial charge in [0.25, 0.3) is 0 Å². The lowest BCUT2D eigenvalue weighted by Gasteiger charge is -2.31. The first kappa shape index (κ1) is 17.3. The van der Waals surface area contributed by atoms with Gasteiger partial charge in [0.1, 0.15) is 5.94 Å². The fraction of sp³-hybridized carbons (Fsp3) is 0.273. The largest absolute Gasteiger partial charge is 0.478 e. The minimum atomic E-state index is -1.10. The average Bonchev–Trinajstić information content (AvgIpc) is 3.44. The summed E-state index contributed by atoms with van der Waals surface area (Å²) in [5.74, 6) is 0.752. The number of nitrogens with zero attached hydrogens (tertiary/aromatic N) is 2. The summed E-state index contributed by atoms with van der Waals surface area (Å²) in [5.41, 5.74) is 6.72. The number of carboxylic acids is 1. The highest BCUT2D eigenvalue weighted by Crippen LogP contribution is 2.46. The molecule has 136 valence electrons. The topological polar surface area (TPSA) is 70.5 Å². The number of carbonyl (C=O) groups is 1. The molecule has 0 unspecified atom stereocenters. The lowest BCUT2D eigenvalue weighted by molar-refractivity contribution is -0.132. The molecule has 1 N–H and O–H groups in total. The van der Waals surface area contributed by atoms with Gasteiger partial charge < -0.3 is 10.0 Å². The molecule has 27 heavy (non-hydrogen) atoms. The van der Waals surface area contributed by atoms with E-state index < -0.39 is 5.97 Å². The summed E-state index contributed by atoms with van der Waals surface area (Å²) in [5, 5.41) is 9.55. The molecule has 4 rings (SSSR count). The molecular weight excluding hydrogens is 340 g/mol. The number of hydrogen-bond donors (Lipinski definition) is 1. The predicted molar refractivity (Wildman–Crippen MR) is 104 cm³/mol. The van der Waals surface area contributed by atoms with Crippen molar-refractivity contribution < 1.29 is 14.7 Å². The maximum atomic E-state index is 11.7. The van der Waals surface area contributed by atoms with Crippen molar-refractivity contribution in [1.82, 2.24) is 4.98 Å². The third-order valence-corrected chi connectivity index (χ3v) is 5.16. The van der Waals surface area contributed by atoms with Gasteiger partial charge in [-0.2, -0.15) is 0 Å². The van der Waals surface area contributed by atoms with Crippen LogP contribution < -0.4 is 4.90 Å². The van der Waals surface area contributed by atoms with E-state index in [0.29, 0.717) is 5.56 Å². The molecule has 1 saturated carbocycles. The minimum Gasteiger partial charge on any atom is -0.478 e. The molecule has 1 aliphatic carbocycles. The van der Waals surface area contributed by atoms with Crippen LogP contribution in [0.4, 0.5) is 5.69 Å². The molecule has 1 fully saturated rings. The third kappa shape index (κ3) is 2.86. The van der Waals surface area contributed by atoms with Crippen LogP contribution in [0, 0.1) is 20.8 Å². The van der Waals surface area contributed by atoms with E-state index in [1.165, 1.54) is 0 Å². The van der Waals surface area contributed by atoms with Crippen LogP contribution in [0.2, 0.25) is 0 Å². The number of fused-ring (bicyclic) bond motifs is 1. The van der Waals surface area contributed by atoms with Crippen molar-refractivity contribution in [2.24, 2.45) is 0 Å². The van der Waals surface area contributed by atoms with Gasteiger partial charge in [-0.1, -0.05) is 12.1 Å². The number of anilines is 1. The van der Waals surface area contributed by atoms with Crippen molar-refractivity contribution in [3.05, 3.63) is 58.6 Å². The van der Waals surface area contributed by atoms with E-state index in [-0.39, 0.29) is 17.2 Å². The highest BCUT2D eigenvalue weighted by Gasteiger charge is 2.36.